The summed E-state index contributed by atoms with van der Waals surface area (Å²) in [7, 11) is 0. The molecule has 4 N–H and O–H groups in total. The summed E-state index contributed by atoms with van der Waals surface area (Å²) in [4.78, 5) is 22.9. The fraction of sp³-hybridized carbons (Fsp3) is 0. The second-order valence-electron chi connectivity index (χ2n) is 3.68. The van der Waals surface area contributed by atoms with Crippen molar-refractivity contribution < 1.29 is 14.7 Å². The first kappa shape index (κ1) is 12.2. The summed E-state index contributed by atoms with van der Waals surface area (Å²) < 4.78 is 0. The maximum Gasteiger partial charge on any atom is 0.204 e. The Bertz CT molecular complexity index is 605. The molecular weight excluding hydrogens is 256 g/mol. The molecule has 0 saturated heterocycles. The van der Waals surface area contributed by atoms with E-state index < -0.39 is 11.6 Å². The number of hydrogen-bond donors (Lipinski definition) is 3. The summed E-state index contributed by atoms with van der Waals surface area (Å²) in [5.74, 6) is -0.885. The molecule has 1 aliphatic rings. The highest BCUT2D eigenvalue weighted by Gasteiger charge is 2.18. The van der Waals surface area contributed by atoms with Crippen LogP contribution in [-0.2, 0) is 9.59 Å². The summed E-state index contributed by atoms with van der Waals surface area (Å²) in [5, 5.41) is 12.1. The molecule has 0 spiro atoms. The van der Waals surface area contributed by atoms with Gasteiger partial charge in [0, 0.05) is 17.8 Å². The zero-order valence-corrected chi connectivity index (χ0v) is 9.86. The maximum absolute atomic E-state index is 11.6. The van der Waals surface area contributed by atoms with E-state index in [-0.39, 0.29) is 22.2 Å². The van der Waals surface area contributed by atoms with Crippen LogP contribution in [0.1, 0.15) is 0 Å². The number of carbonyl (C=O) groups excluding carboxylic acids is 2. The average molecular weight is 265 g/mol. The normalized spacial score (nSPS) is 15.2. The van der Waals surface area contributed by atoms with Gasteiger partial charge in [-0.3, -0.25) is 9.59 Å². The van der Waals surface area contributed by atoms with Gasteiger partial charge in [0.05, 0.1) is 16.4 Å². The molecule has 18 heavy (non-hydrogen) atoms. The quantitative estimate of drug-likeness (QED) is 0.554. The number of aromatic hydroxyl groups is 1. The van der Waals surface area contributed by atoms with E-state index >= 15 is 0 Å². The number of phenolic OH excluding ortho intramolecular Hbond substituents is 1. The topological polar surface area (TPSA) is 92.4 Å². The third-order valence-corrected chi connectivity index (χ3v) is 2.64. The van der Waals surface area contributed by atoms with Gasteiger partial charge in [-0.25, -0.2) is 0 Å². The van der Waals surface area contributed by atoms with Crippen LogP contribution >= 0.6 is 11.6 Å². The minimum atomic E-state index is -0.429. The van der Waals surface area contributed by atoms with Crippen LogP contribution in [0.15, 0.2) is 41.7 Å². The minimum Gasteiger partial charge on any atom is -0.506 e. The molecule has 0 heterocycles. The van der Waals surface area contributed by atoms with Crippen LogP contribution in [0, 0.1) is 0 Å². The molecule has 1 aliphatic carbocycles. The summed E-state index contributed by atoms with van der Waals surface area (Å²) in [6.45, 7) is 0. The van der Waals surface area contributed by atoms with Crippen LogP contribution in [0.4, 0.5) is 5.69 Å². The molecule has 0 radical (unpaired) electrons. The van der Waals surface area contributed by atoms with Crippen LogP contribution in [0.3, 0.4) is 0 Å². The Morgan fingerprint density at radius 1 is 1.17 bits per heavy atom. The molecule has 0 atom stereocenters. The minimum absolute atomic E-state index is 0.0635. The highest BCUT2D eigenvalue weighted by molar-refractivity contribution is 6.32. The van der Waals surface area contributed by atoms with E-state index in [1.54, 1.807) is 0 Å². The first-order chi connectivity index (χ1) is 8.47. The summed E-state index contributed by atoms with van der Waals surface area (Å²) in [6, 6.07) is 4.35. The molecule has 2 rings (SSSR count). The summed E-state index contributed by atoms with van der Waals surface area (Å²) in [5.41, 5.74) is 5.84. The second kappa shape index (κ2) is 4.54. The van der Waals surface area contributed by atoms with Crippen LogP contribution in [0.25, 0.3) is 0 Å². The largest absolute Gasteiger partial charge is 0.506 e. The van der Waals surface area contributed by atoms with E-state index in [0.29, 0.717) is 5.69 Å². The fourth-order valence-electron chi connectivity index (χ4n) is 1.41. The molecule has 1 aromatic rings. The fourth-order valence-corrected chi connectivity index (χ4v) is 1.59. The lowest BCUT2D eigenvalue weighted by Gasteiger charge is -2.12. The molecule has 0 amide bonds. The molecule has 0 fully saturated rings. The highest BCUT2D eigenvalue weighted by Crippen LogP contribution is 2.27. The van der Waals surface area contributed by atoms with E-state index in [2.05, 4.69) is 5.32 Å². The van der Waals surface area contributed by atoms with Gasteiger partial charge in [0.1, 0.15) is 5.75 Å². The monoisotopic (exact) mass is 264 g/mol. The Kier molecular flexibility index (Phi) is 3.08. The number of nitrogens with one attached hydrogen (secondary N) is 1. The van der Waals surface area contributed by atoms with Crippen molar-refractivity contribution in [3.8, 4) is 5.75 Å². The number of phenols is 1. The van der Waals surface area contributed by atoms with Gasteiger partial charge < -0.3 is 16.2 Å². The van der Waals surface area contributed by atoms with Gasteiger partial charge in [0.25, 0.3) is 0 Å². The van der Waals surface area contributed by atoms with Crippen molar-refractivity contribution in [2.24, 2.45) is 5.73 Å². The Morgan fingerprint density at radius 2 is 1.89 bits per heavy atom. The van der Waals surface area contributed by atoms with E-state index in [1.807, 2.05) is 0 Å². The zero-order chi connectivity index (χ0) is 13.3. The third kappa shape index (κ3) is 2.36. The molecule has 0 aromatic heterocycles. The lowest BCUT2D eigenvalue weighted by Crippen LogP contribution is -2.21. The van der Waals surface area contributed by atoms with Crippen molar-refractivity contribution in [3.63, 3.8) is 0 Å². The Morgan fingerprint density at radius 3 is 2.56 bits per heavy atom. The van der Waals surface area contributed by atoms with E-state index in [0.717, 1.165) is 12.2 Å². The molecule has 1 aromatic carbocycles. The number of benzene rings is 1. The van der Waals surface area contributed by atoms with Crippen molar-refractivity contribution >= 4 is 28.9 Å². The SMILES string of the molecule is NC1=CC(=O)C(Nc2ccc(O)c(Cl)c2)=CC1=O. The third-order valence-electron chi connectivity index (χ3n) is 2.34. The van der Waals surface area contributed by atoms with E-state index in [4.69, 9.17) is 17.3 Å². The number of allylic oxidation sites excluding steroid dienone is 2. The number of nitrogens with two attached hydrogens (primary N) is 1. The first-order valence-corrected chi connectivity index (χ1v) is 5.38. The second-order valence-corrected chi connectivity index (χ2v) is 4.08. The number of anilines is 1. The molecule has 0 saturated carbocycles. The Hall–Kier alpha value is -2.27. The molecule has 6 heteroatoms. The van der Waals surface area contributed by atoms with Crippen molar-refractivity contribution in [3.05, 3.63) is 46.8 Å². The smallest absolute Gasteiger partial charge is 0.204 e. The molecule has 0 unspecified atom stereocenters. The standard InChI is InChI=1S/C12H9ClN2O3/c13-7-3-6(1-2-10(7)16)15-9-5-11(17)8(14)4-12(9)18/h1-5,15-16H,14H2. The average Bonchev–Trinajstić information content (AvgIpc) is 2.31. The summed E-state index contributed by atoms with van der Waals surface area (Å²) in [6.07, 6.45) is 2.19. The van der Waals surface area contributed by atoms with E-state index in [9.17, 15) is 14.7 Å². The van der Waals surface area contributed by atoms with Crippen LogP contribution in [0.2, 0.25) is 5.02 Å². The van der Waals surface area contributed by atoms with Gasteiger partial charge in [-0.15, -0.1) is 0 Å². The number of ketones is 2. The lowest BCUT2D eigenvalue weighted by atomic mass is 10.1. The number of hydrogen-bond acceptors (Lipinski definition) is 5. The zero-order valence-electron chi connectivity index (χ0n) is 9.11. The first-order valence-electron chi connectivity index (χ1n) is 5.00. The van der Waals surface area contributed by atoms with Gasteiger partial charge in [-0.1, -0.05) is 11.6 Å². The van der Waals surface area contributed by atoms with Gasteiger partial charge in [0.15, 0.2) is 0 Å². The van der Waals surface area contributed by atoms with Gasteiger partial charge >= 0.3 is 0 Å². The number of carbonyl (C=O) groups is 2. The van der Waals surface area contributed by atoms with Crippen molar-refractivity contribution in [1.82, 2.24) is 0 Å². The Labute approximate surface area is 108 Å². The molecule has 5 nitrogen and oxygen atoms in total. The van der Waals surface area contributed by atoms with Gasteiger partial charge in [0.2, 0.25) is 11.6 Å². The van der Waals surface area contributed by atoms with Crippen LogP contribution in [-0.4, -0.2) is 16.7 Å². The van der Waals surface area contributed by atoms with Crippen molar-refractivity contribution in [2.75, 3.05) is 5.32 Å². The predicted octanol–water partition coefficient (Wildman–Crippen LogP) is 1.34. The highest BCUT2D eigenvalue weighted by atomic mass is 35.5. The molecular formula is C12H9ClN2O3. The predicted molar refractivity (Wildman–Crippen MR) is 67.1 cm³/mol. The van der Waals surface area contributed by atoms with Crippen LogP contribution < -0.4 is 11.1 Å². The lowest BCUT2D eigenvalue weighted by molar-refractivity contribution is -0.115. The number of rotatable bonds is 2. The Balaban J connectivity index is 2.24. The molecule has 0 aliphatic heterocycles. The number of halogens is 1. The molecule has 92 valence electrons. The molecule has 0 bridgehead atoms. The van der Waals surface area contributed by atoms with Gasteiger partial charge in [-0.05, 0) is 18.2 Å². The maximum atomic E-state index is 11.6. The van der Waals surface area contributed by atoms with Gasteiger partial charge in [-0.2, -0.15) is 0 Å². The summed E-state index contributed by atoms with van der Waals surface area (Å²) >= 11 is 5.73. The van der Waals surface area contributed by atoms with E-state index in [1.165, 1.54) is 18.2 Å². The van der Waals surface area contributed by atoms with Crippen molar-refractivity contribution in [1.29, 1.82) is 0 Å². The van der Waals surface area contributed by atoms with Crippen LogP contribution in [0.5, 0.6) is 5.75 Å². The van der Waals surface area contributed by atoms with Crippen molar-refractivity contribution in [2.45, 2.75) is 0 Å².